The maximum atomic E-state index is 13.7. The smallest absolute Gasteiger partial charge is 0.410 e. The molecule has 0 aromatic carbocycles. The summed E-state index contributed by atoms with van der Waals surface area (Å²) in [5, 5.41) is 2.25. The van der Waals surface area contributed by atoms with Gasteiger partial charge in [-0.25, -0.2) is 9.18 Å². The Labute approximate surface area is 136 Å². The van der Waals surface area contributed by atoms with E-state index in [2.05, 4.69) is 5.32 Å². The lowest BCUT2D eigenvalue weighted by Crippen LogP contribution is -2.32. The molecule has 0 rings (SSSR count). The third-order valence-electron chi connectivity index (χ3n) is 2.95. The molecule has 0 bridgehead atoms. The van der Waals surface area contributed by atoms with Crippen LogP contribution in [0.15, 0.2) is 0 Å². The number of rotatable bonds is 10. The second-order valence-electron chi connectivity index (χ2n) is 5.55. The van der Waals surface area contributed by atoms with E-state index in [0.717, 1.165) is 0 Å². The van der Waals surface area contributed by atoms with E-state index in [4.69, 9.17) is 9.47 Å². The van der Waals surface area contributed by atoms with Gasteiger partial charge in [0, 0.05) is 26.1 Å². The zero-order valence-corrected chi connectivity index (χ0v) is 15.0. The normalized spacial score (nSPS) is 16.3. The molecule has 1 unspecified atom stereocenters. The van der Waals surface area contributed by atoms with Gasteiger partial charge in [-0.3, -0.25) is 9.36 Å². The quantitative estimate of drug-likeness (QED) is 0.355. The van der Waals surface area contributed by atoms with Gasteiger partial charge in [0.05, 0.1) is 5.92 Å². The molecule has 0 fully saturated rings. The molecule has 0 aromatic heterocycles. The van der Waals surface area contributed by atoms with E-state index in [9.17, 15) is 23.4 Å². The highest BCUT2D eigenvalue weighted by Crippen LogP contribution is 2.49. The van der Waals surface area contributed by atoms with Crippen LogP contribution in [0.25, 0.3) is 0 Å². The van der Waals surface area contributed by atoms with Crippen molar-refractivity contribution in [3.63, 3.8) is 0 Å². The minimum atomic E-state index is -3.85. The first-order valence-electron chi connectivity index (χ1n) is 7.70. The van der Waals surface area contributed by atoms with E-state index in [1.54, 1.807) is 13.8 Å². The van der Waals surface area contributed by atoms with Gasteiger partial charge < -0.3 is 19.7 Å². The molecule has 0 aliphatic rings. The van der Waals surface area contributed by atoms with Crippen LogP contribution < -0.4 is 5.32 Å². The van der Waals surface area contributed by atoms with Crippen molar-refractivity contribution in [1.29, 1.82) is 0 Å². The maximum absolute atomic E-state index is 13.7. The summed E-state index contributed by atoms with van der Waals surface area (Å²) in [7, 11) is -3.85. The number of unbranched alkanes of at least 4 members (excludes halogenated alkanes) is 1. The molecule has 3 atom stereocenters. The molecule has 23 heavy (non-hydrogen) atoms. The lowest BCUT2D eigenvalue weighted by Gasteiger charge is -2.17. The minimum Gasteiger partial charge on any atom is -0.425 e. The molecule has 0 aromatic rings. The highest BCUT2D eigenvalue weighted by atomic mass is 31.2. The van der Waals surface area contributed by atoms with Crippen molar-refractivity contribution in [3.8, 4) is 0 Å². The molecule has 1 amide bonds. The van der Waals surface area contributed by atoms with E-state index in [1.165, 1.54) is 6.92 Å². The van der Waals surface area contributed by atoms with Crippen molar-refractivity contribution in [2.24, 2.45) is 5.92 Å². The summed E-state index contributed by atoms with van der Waals surface area (Å²) in [6, 6.07) is 0. The second-order valence-corrected chi connectivity index (χ2v) is 8.07. The number of carbonyl (C=O) groups is 2. The fraction of sp³-hybridized carbons (Fsp3) is 0.857. The van der Waals surface area contributed by atoms with E-state index < -0.39 is 31.6 Å². The average Bonchev–Trinajstić information content (AvgIpc) is 2.44. The molecule has 0 aliphatic carbocycles. The number of alkyl carbamates (subject to hydrolysis) is 1. The van der Waals surface area contributed by atoms with Gasteiger partial charge >= 0.3 is 12.1 Å². The van der Waals surface area contributed by atoms with E-state index in [-0.39, 0.29) is 25.0 Å². The molecule has 9 heteroatoms. The van der Waals surface area contributed by atoms with Gasteiger partial charge in [-0.05, 0) is 6.42 Å². The van der Waals surface area contributed by atoms with Gasteiger partial charge in [0.2, 0.25) is 13.7 Å². The van der Waals surface area contributed by atoms with Crippen LogP contribution in [0.4, 0.5) is 9.18 Å². The Morgan fingerprint density at radius 3 is 2.39 bits per heavy atom. The van der Waals surface area contributed by atoms with Crippen LogP contribution in [-0.4, -0.2) is 41.9 Å². The molecule has 0 aliphatic heterocycles. The first-order valence-corrected chi connectivity index (χ1v) is 9.62. The molecule has 0 radical (unpaired) electrons. The maximum Gasteiger partial charge on any atom is 0.410 e. The van der Waals surface area contributed by atoms with Crippen LogP contribution in [0, 0.1) is 5.92 Å². The van der Waals surface area contributed by atoms with Gasteiger partial charge in [0.25, 0.3) is 0 Å². The van der Waals surface area contributed by atoms with Crippen LogP contribution >= 0.6 is 7.37 Å². The van der Waals surface area contributed by atoms with Crippen molar-refractivity contribution < 1.29 is 32.9 Å². The summed E-state index contributed by atoms with van der Waals surface area (Å²) >= 11 is 0. The zero-order chi connectivity index (χ0) is 18.0. The van der Waals surface area contributed by atoms with Crippen molar-refractivity contribution in [3.05, 3.63) is 0 Å². The Hall–Kier alpha value is -1.14. The van der Waals surface area contributed by atoms with Crippen molar-refractivity contribution in [2.75, 3.05) is 12.7 Å². The molecule has 0 saturated heterocycles. The highest BCUT2D eigenvalue weighted by molar-refractivity contribution is 7.58. The van der Waals surface area contributed by atoms with E-state index in [0.29, 0.717) is 12.8 Å². The number of alkyl halides is 1. The number of carbonyl (C=O) groups excluding carboxylic acids is 2. The van der Waals surface area contributed by atoms with Gasteiger partial charge in [-0.2, -0.15) is 0 Å². The van der Waals surface area contributed by atoms with Crippen molar-refractivity contribution in [1.82, 2.24) is 5.32 Å². The molecule has 0 saturated carbocycles. The first-order chi connectivity index (χ1) is 10.6. The van der Waals surface area contributed by atoms with Crippen LogP contribution in [-0.2, 0) is 18.8 Å². The monoisotopic (exact) mass is 355 g/mol. The summed E-state index contributed by atoms with van der Waals surface area (Å²) in [5.41, 5.74) is 0. The molecule has 136 valence electrons. The highest BCUT2D eigenvalue weighted by Gasteiger charge is 2.29. The summed E-state index contributed by atoms with van der Waals surface area (Å²) in [5.74, 6) is -2.74. The lowest BCUT2D eigenvalue weighted by atomic mass is 10.2. The largest absolute Gasteiger partial charge is 0.425 e. The first kappa shape index (κ1) is 21.9. The molecular formula is C14H27FNO6P. The SMILES string of the molecule is CCCCP(=O)(O)[C@@H](F)CCNC(=O)O[C@H](C)OC(=O)C(C)C. The Kier molecular flexibility index (Phi) is 10.1. The molecule has 0 heterocycles. The summed E-state index contributed by atoms with van der Waals surface area (Å²) in [6.45, 7) is 6.36. The Morgan fingerprint density at radius 1 is 1.26 bits per heavy atom. The van der Waals surface area contributed by atoms with Crippen LogP contribution in [0.1, 0.15) is 47.0 Å². The number of ether oxygens (including phenoxy) is 2. The van der Waals surface area contributed by atoms with Crippen molar-refractivity contribution >= 4 is 19.4 Å². The third kappa shape index (κ3) is 9.56. The number of esters is 1. The van der Waals surface area contributed by atoms with E-state index >= 15 is 0 Å². The molecule has 2 N–H and O–H groups in total. The second kappa shape index (κ2) is 10.6. The molecule has 7 nitrogen and oxygen atoms in total. The summed E-state index contributed by atoms with van der Waals surface area (Å²) in [4.78, 5) is 32.3. The van der Waals surface area contributed by atoms with Crippen LogP contribution in [0.5, 0.6) is 0 Å². The van der Waals surface area contributed by atoms with Gasteiger partial charge in [-0.15, -0.1) is 0 Å². The van der Waals surface area contributed by atoms with E-state index in [1.807, 2.05) is 6.92 Å². The number of hydrogen-bond acceptors (Lipinski definition) is 5. The Morgan fingerprint density at radius 2 is 1.87 bits per heavy atom. The standard InChI is InChI=1S/C14H27FNO6P/c1-5-6-9-23(19,20)12(15)7-8-16-14(18)22-11(4)21-13(17)10(2)3/h10-12H,5-9H2,1-4H3,(H,16,18)(H,19,20)/t11-,12-/m1/s1. The summed E-state index contributed by atoms with van der Waals surface area (Å²) in [6.07, 6.45) is -1.14. The van der Waals surface area contributed by atoms with Crippen molar-refractivity contribution in [2.45, 2.75) is 59.2 Å². The zero-order valence-electron chi connectivity index (χ0n) is 14.1. The van der Waals surface area contributed by atoms with Gasteiger partial charge in [-0.1, -0.05) is 27.2 Å². The third-order valence-corrected chi connectivity index (χ3v) is 5.04. The number of halogens is 1. The fourth-order valence-electron chi connectivity index (χ4n) is 1.54. The van der Waals surface area contributed by atoms with Crippen LogP contribution in [0.2, 0.25) is 0 Å². The van der Waals surface area contributed by atoms with Crippen LogP contribution in [0.3, 0.4) is 0 Å². The lowest BCUT2D eigenvalue weighted by molar-refractivity contribution is -0.168. The Balaban J connectivity index is 4.06. The predicted octanol–water partition coefficient (Wildman–Crippen LogP) is 3.01. The predicted molar refractivity (Wildman–Crippen MR) is 84.0 cm³/mol. The number of amides is 1. The Bertz CT molecular complexity index is 431. The number of hydrogen-bond donors (Lipinski definition) is 2. The number of nitrogens with one attached hydrogen (secondary N) is 1. The average molecular weight is 355 g/mol. The molecule has 0 spiro atoms. The fourth-order valence-corrected chi connectivity index (χ4v) is 3.12. The minimum absolute atomic E-state index is 0.0721. The van der Waals surface area contributed by atoms with Gasteiger partial charge in [0.15, 0.2) is 5.91 Å². The summed E-state index contributed by atoms with van der Waals surface area (Å²) < 4.78 is 35.0. The topological polar surface area (TPSA) is 102 Å². The molecular weight excluding hydrogens is 328 g/mol. The van der Waals surface area contributed by atoms with Gasteiger partial charge in [0.1, 0.15) is 0 Å².